The fraction of sp³-hybridized carbons (Fsp3) is 0.714. The van der Waals surface area contributed by atoms with Crippen LogP contribution in [0.15, 0.2) is 6.07 Å². The highest BCUT2D eigenvalue weighted by Gasteiger charge is 2.22. The van der Waals surface area contributed by atoms with Gasteiger partial charge >= 0.3 is 0 Å². The summed E-state index contributed by atoms with van der Waals surface area (Å²) in [6, 6.07) is 2.27. The molecule has 2 heterocycles. The Balaban J connectivity index is 2.13. The van der Waals surface area contributed by atoms with Crippen molar-refractivity contribution in [1.82, 2.24) is 15.6 Å². The van der Waals surface area contributed by atoms with Crippen molar-refractivity contribution in [2.75, 3.05) is 13.2 Å². The van der Waals surface area contributed by atoms with Gasteiger partial charge in [0, 0.05) is 19.3 Å². The molecule has 1 atom stereocenters. The molecule has 106 valence electrons. The van der Waals surface area contributed by atoms with E-state index in [2.05, 4.69) is 28.6 Å². The average molecular weight is 264 g/mol. The van der Waals surface area contributed by atoms with Crippen molar-refractivity contribution in [3.05, 3.63) is 23.0 Å². The molecule has 1 unspecified atom stereocenters. The number of ether oxygens (including phenoxy) is 1. The van der Waals surface area contributed by atoms with Gasteiger partial charge in [0.2, 0.25) is 0 Å². The van der Waals surface area contributed by atoms with Gasteiger partial charge in [-0.25, -0.2) is 0 Å². The Labute approximate surface area is 114 Å². The average Bonchev–Trinajstić information content (AvgIpc) is 2.46. The summed E-state index contributed by atoms with van der Waals surface area (Å²) in [5.41, 5.74) is 6.14. The highest BCUT2D eigenvalue weighted by Crippen LogP contribution is 2.28. The van der Waals surface area contributed by atoms with Crippen molar-refractivity contribution >= 4 is 0 Å². The molecule has 0 radical (unpaired) electrons. The molecular weight excluding hydrogens is 240 g/mol. The molecule has 1 saturated heterocycles. The third-order valence-electron chi connectivity index (χ3n) is 3.85. The smallest absolute Gasteiger partial charge is 0.0676 e. The maximum atomic E-state index is 5.77. The molecule has 5 heteroatoms. The zero-order valence-electron chi connectivity index (χ0n) is 11.9. The number of nitrogens with two attached hydrogens (primary N) is 1. The van der Waals surface area contributed by atoms with Gasteiger partial charge in [-0.1, -0.05) is 6.92 Å². The van der Waals surface area contributed by atoms with Gasteiger partial charge in [0.25, 0.3) is 0 Å². The highest BCUT2D eigenvalue weighted by atomic mass is 16.5. The second kappa shape index (κ2) is 6.93. The predicted molar refractivity (Wildman–Crippen MR) is 74.4 cm³/mol. The minimum absolute atomic E-state index is 0.159. The van der Waals surface area contributed by atoms with Gasteiger partial charge < -0.3 is 4.74 Å². The van der Waals surface area contributed by atoms with Crippen LogP contribution in [0.5, 0.6) is 0 Å². The highest BCUT2D eigenvalue weighted by molar-refractivity contribution is 5.24. The molecular formula is C14H24N4O. The number of aromatic nitrogens is 2. The van der Waals surface area contributed by atoms with Crippen molar-refractivity contribution in [3.63, 3.8) is 0 Å². The lowest BCUT2D eigenvalue weighted by molar-refractivity contribution is 0.0604. The van der Waals surface area contributed by atoms with Crippen LogP contribution in [-0.4, -0.2) is 23.4 Å². The molecule has 0 spiro atoms. The molecule has 0 aliphatic carbocycles. The van der Waals surface area contributed by atoms with Crippen LogP contribution in [0.2, 0.25) is 0 Å². The van der Waals surface area contributed by atoms with Gasteiger partial charge in [-0.05, 0) is 50.2 Å². The Morgan fingerprint density at radius 2 is 2.16 bits per heavy atom. The minimum Gasteiger partial charge on any atom is -0.381 e. The summed E-state index contributed by atoms with van der Waals surface area (Å²) in [6.07, 6.45) is 4.17. The van der Waals surface area contributed by atoms with Crippen LogP contribution in [0.1, 0.15) is 49.2 Å². The summed E-state index contributed by atoms with van der Waals surface area (Å²) in [5, 5.41) is 8.42. The summed E-state index contributed by atoms with van der Waals surface area (Å²) >= 11 is 0. The van der Waals surface area contributed by atoms with E-state index >= 15 is 0 Å². The number of nitrogens with one attached hydrogen (secondary N) is 1. The van der Waals surface area contributed by atoms with Crippen LogP contribution in [0.4, 0.5) is 0 Å². The fourth-order valence-electron chi connectivity index (χ4n) is 2.71. The lowest BCUT2D eigenvalue weighted by Crippen LogP contribution is -2.32. The number of rotatable bonds is 5. The fourth-order valence-corrected chi connectivity index (χ4v) is 2.71. The largest absolute Gasteiger partial charge is 0.381 e. The molecule has 0 bridgehead atoms. The summed E-state index contributed by atoms with van der Waals surface area (Å²) in [5.74, 6) is 6.44. The van der Waals surface area contributed by atoms with Crippen LogP contribution in [-0.2, 0) is 11.2 Å². The molecule has 1 fully saturated rings. The van der Waals surface area contributed by atoms with Gasteiger partial charge in [-0.3, -0.25) is 11.3 Å². The molecule has 1 aliphatic rings. The van der Waals surface area contributed by atoms with Crippen LogP contribution < -0.4 is 11.3 Å². The number of hydrogen-bond donors (Lipinski definition) is 2. The molecule has 1 aromatic heterocycles. The van der Waals surface area contributed by atoms with E-state index in [0.29, 0.717) is 5.92 Å². The quantitative estimate of drug-likeness (QED) is 0.625. The van der Waals surface area contributed by atoms with Crippen molar-refractivity contribution in [3.8, 4) is 0 Å². The number of hydrogen-bond acceptors (Lipinski definition) is 5. The topological polar surface area (TPSA) is 73.1 Å². The molecule has 0 aromatic carbocycles. The van der Waals surface area contributed by atoms with E-state index in [1.165, 1.54) is 5.56 Å². The molecule has 2 rings (SSSR count). The minimum atomic E-state index is 0.159. The molecule has 3 N–H and O–H groups in total. The maximum Gasteiger partial charge on any atom is 0.0676 e. The van der Waals surface area contributed by atoms with Gasteiger partial charge in [0.1, 0.15) is 0 Å². The predicted octanol–water partition coefficient (Wildman–Crippen LogP) is 1.67. The standard InChI is InChI=1S/C14H24N4O/c1-3-13-12(8-10(2)17-18-13)14(16-15)9-11-4-6-19-7-5-11/h8,11,14,16H,3-7,9,15H2,1-2H3. The van der Waals surface area contributed by atoms with Gasteiger partial charge in [0.15, 0.2) is 0 Å². The number of aryl methyl sites for hydroxylation is 2. The monoisotopic (exact) mass is 264 g/mol. The first-order valence-electron chi connectivity index (χ1n) is 7.11. The van der Waals surface area contributed by atoms with Crippen LogP contribution in [0, 0.1) is 12.8 Å². The Morgan fingerprint density at radius 3 is 2.79 bits per heavy atom. The summed E-state index contributed by atoms with van der Waals surface area (Å²) in [4.78, 5) is 0. The van der Waals surface area contributed by atoms with E-state index in [-0.39, 0.29) is 6.04 Å². The van der Waals surface area contributed by atoms with Gasteiger partial charge in [-0.2, -0.15) is 10.2 Å². The molecule has 5 nitrogen and oxygen atoms in total. The first-order chi connectivity index (χ1) is 9.24. The van der Waals surface area contributed by atoms with E-state index in [1.807, 2.05) is 6.92 Å². The lowest BCUT2D eigenvalue weighted by Gasteiger charge is -2.27. The zero-order chi connectivity index (χ0) is 13.7. The molecule has 0 amide bonds. The summed E-state index contributed by atoms with van der Waals surface area (Å²) < 4.78 is 5.41. The first-order valence-corrected chi connectivity index (χ1v) is 7.11. The first kappa shape index (κ1) is 14.4. The van der Waals surface area contributed by atoms with E-state index < -0.39 is 0 Å². The van der Waals surface area contributed by atoms with E-state index in [9.17, 15) is 0 Å². The second-order valence-corrected chi connectivity index (χ2v) is 5.25. The lowest BCUT2D eigenvalue weighted by atomic mass is 9.89. The molecule has 0 saturated carbocycles. The molecule has 1 aromatic rings. The van der Waals surface area contributed by atoms with Gasteiger partial charge in [-0.15, -0.1) is 0 Å². The van der Waals surface area contributed by atoms with E-state index in [1.54, 1.807) is 0 Å². The Hall–Kier alpha value is -1.04. The maximum absolute atomic E-state index is 5.77. The van der Waals surface area contributed by atoms with E-state index in [0.717, 1.165) is 50.3 Å². The second-order valence-electron chi connectivity index (χ2n) is 5.25. The van der Waals surface area contributed by atoms with Crippen molar-refractivity contribution in [2.24, 2.45) is 11.8 Å². The van der Waals surface area contributed by atoms with Crippen LogP contribution in [0.3, 0.4) is 0 Å². The summed E-state index contributed by atoms with van der Waals surface area (Å²) in [6.45, 7) is 5.81. The van der Waals surface area contributed by atoms with Crippen molar-refractivity contribution in [1.29, 1.82) is 0 Å². The SMILES string of the molecule is CCc1nnc(C)cc1C(CC1CCOCC1)NN. The zero-order valence-corrected chi connectivity index (χ0v) is 11.9. The van der Waals surface area contributed by atoms with Crippen molar-refractivity contribution in [2.45, 2.75) is 45.6 Å². The van der Waals surface area contributed by atoms with Crippen LogP contribution >= 0.6 is 0 Å². The third-order valence-corrected chi connectivity index (χ3v) is 3.85. The Bertz CT molecular complexity index is 404. The Morgan fingerprint density at radius 1 is 1.42 bits per heavy atom. The van der Waals surface area contributed by atoms with E-state index in [4.69, 9.17) is 10.6 Å². The normalized spacial score (nSPS) is 18.5. The Kier molecular flexibility index (Phi) is 5.24. The molecule has 1 aliphatic heterocycles. The van der Waals surface area contributed by atoms with Crippen molar-refractivity contribution < 1.29 is 4.74 Å². The number of nitrogens with zero attached hydrogens (tertiary/aromatic N) is 2. The summed E-state index contributed by atoms with van der Waals surface area (Å²) in [7, 11) is 0. The van der Waals surface area contributed by atoms with Crippen LogP contribution in [0.25, 0.3) is 0 Å². The number of hydrazine groups is 1. The molecule has 19 heavy (non-hydrogen) atoms. The third kappa shape index (κ3) is 3.72. The van der Waals surface area contributed by atoms with Gasteiger partial charge in [0.05, 0.1) is 11.4 Å².